The van der Waals surface area contributed by atoms with E-state index in [0.717, 1.165) is 0 Å². The van der Waals surface area contributed by atoms with Gasteiger partial charge in [0.1, 0.15) is 0 Å². The van der Waals surface area contributed by atoms with Crippen molar-refractivity contribution < 1.29 is 4.79 Å². The highest BCUT2D eigenvalue weighted by Gasteiger charge is 1.61. The Hall–Kier alpha value is -0.530. The van der Waals surface area contributed by atoms with E-state index in [0.29, 0.717) is 0 Å². The van der Waals surface area contributed by atoms with Crippen LogP contribution in [0.2, 0.25) is 0 Å². The van der Waals surface area contributed by atoms with Crippen molar-refractivity contribution in [3.8, 4) is 0 Å². The van der Waals surface area contributed by atoms with E-state index in [1.165, 1.54) is 6.92 Å². The van der Waals surface area contributed by atoms with Gasteiger partial charge in [-0.1, -0.05) is 0 Å². The van der Waals surface area contributed by atoms with Crippen LogP contribution in [-0.4, -0.2) is 5.91 Å². The predicted molar refractivity (Wildman–Crippen MR) is 14.9 cm³/mol. The zero-order valence-electron chi connectivity index (χ0n) is 2.49. The van der Waals surface area contributed by atoms with E-state index in [-0.39, 0.29) is 5.91 Å². The molecule has 0 spiro atoms. The first-order valence-electron chi connectivity index (χ1n) is 0.993. The maximum atomic E-state index is 9.22. The largest absolute Gasteiger partial charge is 0.370 e. The fourth-order valence-corrected chi connectivity index (χ4v) is 0. The Morgan fingerprint density at radius 2 is 2.00 bits per heavy atom. The number of carbonyl (C=O) groups is 1. The van der Waals surface area contributed by atoms with Gasteiger partial charge in [-0.15, -0.1) is 0 Å². The van der Waals surface area contributed by atoms with Gasteiger partial charge < -0.3 is 5.73 Å². The van der Waals surface area contributed by atoms with Crippen molar-refractivity contribution in [2.24, 2.45) is 5.73 Å². The maximum Gasteiger partial charge on any atom is 0.214 e. The highest BCUT2D eigenvalue weighted by molar-refractivity contribution is 5.70. The summed E-state index contributed by atoms with van der Waals surface area (Å²) in [4.78, 5) is 9.22. The third-order valence-corrected chi connectivity index (χ3v) is 0. The van der Waals surface area contributed by atoms with Crippen LogP contribution in [0.4, 0.5) is 0 Å². The van der Waals surface area contributed by atoms with E-state index < -0.39 is 0 Å². The molecule has 0 radical (unpaired) electrons. The van der Waals surface area contributed by atoms with Crippen LogP contribution in [0.25, 0.3) is 0 Å². The summed E-state index contributed by atoms with van der Waals surface area (Å²) in [6.45, 7) is 1.31. The normalized spacial score (nSPS) is 6.25. The molecule has 2 nitrogen and oxygen atoms in total. The second-order valence-corrected chi connectivity index (χ2v) is 0.611. The highest BCUT2D eigenvalue weighted by Crippen LogP contribution is 1.33. The van der Waals surface area contributed by atoms with Crippen LogP contribution >= 0.6 is 0 Å². The Morgan fingerprint density at radius 1 is 2.00 bits per heavy atom. The Labute approximate surface area is 24.6 Å². The van der Waals surface area contributed by atoms with Crippen LogP contribution < -0.4 is 5.73 Å². The minimum absolute atomic E-state index is 0.333. The third kappa shape index (κ3) is 1.16. The first-order chi connectivity index (χ1) is 1.73. The summed E-state index contributed by atoms with van der Waals surface area (Å²) in [7, 11) is 0. The molecule has 0 aliphatic rings. The zero-order valence-corrected chi connectivity index (χ0v) is 2.49. The van der Waals surface area contributed by atoms with Gasteiger partial charge in [-0.2, -0.15) is 0 Å². The number of primary amides is 1. The second kappa shape index (κ2) is 0.875. The van der Waals surface area contributed by atoms with Crippen LogP contribution in [-0.2, 0) is 4.79 Å². The van der Waals surface area contributed by atoms with Gasteiger partial charge in [0.05, 0.1) is 0 Å². The molecule has 0 unspecified atom stereocenters. The predicted octanol–water partition coefficient (Wildman–Crippen LogP) is -0.508. The molecule has 24 valence electrons. The number of rotatable bonds is 0. The SMILES string of the molecule is [13CH3]C(N)=O. The molecule has 0 bridgehead atoms. The summed E-state index contributed by atoms with van der Waals surface area (Å²) in [5.41, 5.74) is 4.47. The number of hydrogen-bond acceptors (Lipinski definition) is 1. The Morgan fingerprint density at radius 3 is 2.00 bits per heavy atom. The van der Waals surface area contributed by atoms with Crippen molar-refractivity contribution >= 4 is 5.91 Å². The molecule has 0 aliphatic carbocycles. The summed E-state index contributed by atoms with van der Waals surface area (Å²) in [5, 5.41) is 0. The Balaban J connectivity index is 2.80. The summed E-state index contributed by atoms with van der Waals surface area (Å²) >= 11 is 0. The molecule has 0 saturated heterocycles. The summed E-state index contributed by atoms with van der Waals surface area (Å²) < 4.78 is 0. The van der Waals surface area contributed by atoms with Crippen LogP contribution in [0.3, 0.4) is 0 Å². The molecule has 4 heavy (non-hydrogen) atoms. The van der Waals surface area contributed by atoms with Crippen LogP contribution in [0.5, 0.6) is 0 Å². The fraction of sp³-hybridized carbons (Fsp3) is 0.500. The number of nitrogens with two attached hydrogens (primary N) is 1. The van der Waals surface area contributed by atoms with E-state index in [4.69, 9.17) is 0 Å². The average molecular weight is 60.1 g/mol. The van der Waals surface area contributed by atoms with Crippen molar-refractivity contribution in [3.63, 3.8) is 0 Å². The molecule has 0 aliphatic heterocycles. The van der Waals surface area contributed by atoms with Crippen molar-refractivity contribution in [1.29, 1.82) is 0 Å². The molecule has 2 heteroatoms. The lowest BCUT2D eigenvalue weighted by Crippen LogP contribution is -2.01. The first kappa shape index (κ1) is 3.47. The lowest BCUT2D eigenvalue weighted by atomic mass is 11.1. The quantitative estimate of drug-likeness (QED) is 0.376. The molecular weight excluding hydrogens is 55.0 g/mol. The number of amides is 1. The average Bonchev–Trinajstić information content (AvgIpc) is 0.811. The lowest BCUT2D eigenvalue weighted by molar-refractivity contribution is -0.115. The maximum absolute atomic E-state index is 9.22. The smallest absolute Gasteiger partial charge is 0.214 e. The monoisotopic (exact) mass is 60.0 g/mol. The fourth-order valence-electron chi connectivity index (χ4n) is 0. The molecule has 1 amide bonds. The van der Waals surface area contributed by atoms with Crippen molar-refractivity contribution in [2.75, 3.05) is 0 Å². The molecule has 0 rings (SSSR count). The molecule has 0 fully saturated rings. The standard InChI is InChI=1S/C2H5NO/c1-2(3)4/h1H3,(H2,3,4)/i1+1. The molecular formula is C2H5NO. The second-order valence-electron chi connectivity index (χ2n) is 0.611. The van der Waals surface area contributed by atoms with Gasteiger partial charge in [-0.25, -0.2) is 0 Å². The van der Waals surface area contributed by atoms with Crippen LogP contribution in [0, 0.1) is 0 Å². The lowest BCUT2D eigenvalue weighted by Gasteiger charge is -1.60. The van der Waals surface area contributed by atoms with E-state index in [1.807, 2.05) is 0 Å². The minimum atomic E-state index is -0.333. The van der Waals surface area contributed by atoms with Gasteiger partial charge in [-0.3, -0.25) is 4.79 Å². The molecule has 0 aromatic carbocycles. The van der Waals surface area contributed by atoms with E-state index >= 15 is 0 Å². The molecule has 0 aromatic rings. The van der Waals surface area contributed by atoms with Gasteiger partial charge in [0, 0.05) is 6.92 Å². The zero-order chi connectivity index (χ0) is 3.58. The third-order valence-electron chi connectivity index (χ3n) is 0. The Kier molecular flexibility index (Phi) is 0.759. The van der Waals surface area contributed by atoms with E-state index in [9.17, 15) is 4.79 Å². The Bertz CT molecular complexity index is 29.0. The van der Waals surface area contributed by atoms with Gasteiger partial charge >= 0.3 is 0 Å². The number of carbonyl (C=O) groups excluding carboxylic acids is 1. The van der Waals surface area contributed by atoms with Gasteiger partial charge in [-0.05, 0) is 0 Å². The number of hydrogen-bond donors (Lipinski definition) is 1. The first-order valence-corrected chi connectivity index (χ1v) is 0.993. The molecule has 0 heterocycles. The summed E-state index contributed by atoms with van der Waals surface area (Å²) in [6.07, 6.45) is 0. The van der Waals surface area contributed by atoms with Crippen LogP contribution in [0.15, 0.2) is 0 Å². The molecule has 0 saturated carbocycles. The topological polar surface area (TPSA) is 43.1 Å². The van der Waals surface area contributed by atoms with Gasteiger partial charge in [0.15, 0.2) is 0 Å². The minimum Gasteiger partial charge on any atom is -0.370 e. The molecule has 2 N–H and O–H groups in total. The van der Waals surface area contributed by atoms with E-state index in [2.05, 4.69) is 5.73 Å². The van der Waals surface area contributed by atoms with Crippen LogP contribution in [0.1, 0.15) is 6.92 Å². The molecule has 0 atom stereocenters. The summed E-state index contributed by atoms with van der Waals surface area (Å²) in [6, 6.07) is 0. The highest BCUT2D eigenvalue weighted by atomic mass is 16.1. The van der Waals surface area contributed by atoms with Gasteiger partial charge in [0.2, 0.25) is 5.91 Å². The summed E-state index contributed by atoms with van der Waals surface area (Å²) in [5.74, 6) is -0.333. The van der Waals surface area contributed by atoms with Gasteiger partial charge in [0.25, 0.3) is 0 Å². The van der Waals surface area contributed by atoms with Crippen molar-refractivity contribution in [1.82, 2.24) is 0 Å². The van der Waals surface area contributed by atoms with Crippen molar-refractivity contribution in [3.05, 3.63) is 0 Å². The van der Waals surface area contributed by atoms with Crippen molar-refractivity contribution in [2.45, 2.75) is 6.92 Å². The van der Waals surface area contributed by atoms with E-state index in [1.54, 1.807) is 0 Å². The molecule has 0 aromatic heterocycles.